The number of nitrogens with zero attached hydrogens (tertiary/aromatic N) is 2. The van der Waals surface area contributed by atoms with Gasteiger partial charge in [0.15, 0.2) is 0 Å². The Morgan fingerprint density at radius 3 is 2.33 bits per heavy atom. The molecule has 0 radical (unpaired) electrons. The van der Waals surface area contributed by atoms with Crippen LogP contribution in [0.25, 0.3) is 21.8 Å². The predicted octanol–water partition coefficient (Wildman–Crippen LogP) is 6.20. The molecule has 4 heteroatoms. The Bertz CT molecular complexity index is 1040. The summed E-state index contributed by atoms with van der Waals surface area (Å²) in [6.45, 7) is 4.27. The normalized spacial score (nSPS) is 11.2. The highest BCUT2D eigenvalue weighted by Gasteiger charge is 2.10. The van der Waals surface area contributed by atoms with E-state index in [-0.39, 0.29) is 0 Å². The molecule has 0 N–H and O–H groups in total. The van der Waals surface area contributed by atoms with E-state index in [4.69, 9.17) is 0 Å². The first-order chi connectivity index (χ1) is 11.7. The Morgan fingerprint density at radius 2 is 1.46 bits per heavy atom. The number of aryl methyl sites for hydroxylation is 2. The van der Waals surface area contributed by atoms with Gasteiger partial charge in [0.2, 0.25) is 0 Å². The molecule has 0 unspecified atom stereocenters. The van der Waals surface area contributed by atoms with Crippen LogP contribution in [-0.4, -0.2) is 9.97 Å². The lowest BCUT2D eigenvalue weighted by atomic mass is 10.1. The van der Waals surface area contributed by atoms with Gasteiger partial charge in [0, 0.05) is 33.0 Å². The minimum absolute atomic E-state index is 1.07. The fourth-order valence-electron chi connectivity index (χ4n) is 2.77. The van der Waals surface area contributed by atoms with E-state index in [0.717, 1.165) is 11.0 Å². The summed E-state index contributed by atoms with van der Waals surface area (Å²) in [6.07, 6.45) is 3.72. The number of hydrogen-bond donors (Lipinski definition) is 0. The summed E-state index contributed by atoms with van der Waals surface area (Å²) in [5.74, 6) is 0. The van der Waals surface area contributed by atoms with Gasteiger partial charge in [-0.25, -0.2) is 0 Å². The van der Waals surface area contributed by atoms with Gasteiger partial charge in [0.25, 0.3) is 0 Å². The van der Waals surface area contributed by atoms with Gasteiger partial charge in [-0.1, -0.05) is 41.1 Å². The van der Waals surface area contributed by atoms with Crippen molar-refractivity contribution in [2.45, 2.75) is 23.6 Å². The van der Waals surface area contributed by atoms with E-state index in [1.54, 1.807) is 21.6 Å². The summed E-state index contributed by atoms with van der Waals surface area (Å²) in [6, 6.07) is 16.9. The zero-order valence-corrected chi connectivity index (χ0v) is 15.1. The average Bonchev–Trinajstić information content (AvgIpc) is 2.63. The third-order valence-electron chi connectivity index (χ3n) is 4.09. The van der Waals surface area contributed by atoms with Crippen molar-refractivity contribution < 1.29 is 0 Å². The maximum Gasteiger partial charge on any atom is 0.0849 e. The quantitative estimate of drug-likeness (QED) is 0.412. The van der Waals surface area contributed by atoms with Crippen molar-refractivity contribution in [2.75, 3.05) is 0 Å². The number of fused-ring (bicyclic) bond motifs is 2. The minimum atomic E-state index is 1.07. The summed E-state index contributed by atoms with van der Waals surface area (Å²) >= 11 is 0. The molecule has 4 aromatic rings. The van der Waals surface area contributed by atoms with Crippen molar-refractivity contribution in [2.24, 2.45) is 0 Å². The zero-order valence-electron chi connectivity index (χ0n) is 13.5. The van der Waals surface area contributed by atoms with Crippen LogP contribution in [0.15, 0.2) is 70.7 Å². The highest BCUT2D eigenvalue weighted by atomic mass is 33.1. The predicted molar refractivity (Wildman–Crippen MR) is 105 cm³/mol. The lowest BCUT2D eigenvalue weighted by molar-refractivity contribution is 1.29. The maximum atomic E-state index is 4.59. The van der Waals surface area contributed by atoms with Crippen LogP contribution in [0.4, 0.5) is 0 Å². The SMILES string of the molecule is Cc1ccc2cccnc2c1SSc1ccc(C)c2cccnc12. The van der Waals surface area contributed by atoms with Crippen molar-refractivity contribution in [3.63, 3.8) is 0 Å². The van der Waals surface area contributed by atoms with Crippen LogP contribution >= 0.6 is 21.6 Å². The first-order valence-corrected chi connectivity index (χ1v) is 9.92. The molecule has 2 aromatic heterocycles. The van der Waals surface area contributed by atoms with E-state index in [1.165, 1.54) is 31.7 Å². The van der Waals surface area contributed by atoms with E-state index in [0.29, 0.717) is 0 Å². The van der Waals surface area contributed by atoms with Crippen LogP contribution in [0.3, 0.4) is 0 Å². The Labute approximate surface area is 149 Å². The monoisotopic (exact) mass is 348 g/mol. The van der Waals surface area contributed by atoms with Gasteiger partial charge in [-0.2, -0.15) is 0 Å². The molecular formula is C20H16N2S2. The topological polar surface area (TPSA) is 25.8 Å². The van der Waals surface area contributed by atoms with Crippen LogP contribution in [0.1, 0.15) is 11.1 Å². The standard InChI is InChI=1S/C20H16N2S2/c1-13-8-10-17(19-16(13)6-4-12-22-19)23-24-20-14(2)7-9-15-5-3-11-21-18(15)20/h3-12H,1-2H3. The van der Waals surface area contributed by atoms with E-state index in [1.807, 2.05) is 24.5 Å². The Balaban J connectivity index is 1.74. The smallest absolute Gasteiger partial charge is 0.0849 e. The van der Waals surface area contributed by atoms with Crippen molar-refractivity contribution in [3.8, 4) is 0 Å². The summed E-state index contributed by atoms with van der Waals surface area (Å²) in [5.41, 5.74) is 4.65. The van der Waals surface area contributed by atoms with Crippen LogP contribution in [0.5, 0.6) is 0 Å². The lowest BCUT2D eigenvalue weighted by Gasteiger charge is -2.10. The van der Waals surface area contributed by atoms with Crippen molar-refractivity contribution >= 4 is 43.4 Å². The number of pyridine rings is 2. The second kappa shape index (κ2) is 6.46. The number of hydrogen-bond acceptors (Lipinski definition) is 4. The van der Waals surface area contributed by atoms with Gasteiger partial charge in [-0.05, 0) is 54.0 Å². The van der Waals surface area contributed by atoms with E-state index in [9.17, 15) is 0 Å². The Morgan fingerprint density at radius 1 is 0.708 bits per heavy atom. The molecular weight excluding hydrogens is 332 g/mol. The van der Waals surface area contributed by atoms with Crippen molar-refractivity contribution in [1.82, 2.24) is 9.97 Å². The van der Waals surface area contributed by atoms with Gasteiger partial charge < -0.3 is 0 Å². The van der Waals surface area contributed by atoms with E-state index < -0.39 is 0 Å². The Kier molecular flexibility index (Phi) is 4.17. The molecule has 0 atom stereocenters. The molecule has 0 amide bonds. The number of benzene rings is 2. The second-order valence-electron chi connectivity index (χ2n) is 5.73. The van der Waals surface area contributed by atoms with Gasteiger partial charge in [-0.15, -0.1) is 0 Å². The fraction of sp³-hybridized carbons (Fsp3) is 0.100. The third-order valence-corrected chi connectivity index (χ3v) is 6.65. The van der Waals surface area contributed by atoms with Crippen LogP contribution in [0.2, 0.25) is 0 Å². The molecule has 2 nitrogen and oxygen atoms in total. The van der Waals surface area contributed by atoms with Gasteiger partial charge in [-0.3, -0.25) is 9.97 Å². The third kappa shape index (κ3) is 2.76. The number of aromatic nitrogens is 2. The molecule has 118 valence electrons. The highest BCUT2D eigenvalue weighted by molar-refractivity contribution is 8.76. The first-order valence-electron chi connectivity index (χ1n) is 7.77. The molecule has 0 saturated heterocycles. The molecule has 0 aliphatic carbocycles. The van der Waals surface area contributed by atoms with Crippen LogP contribution in [0, 0.1) is 13.8 Å². The zero-order chi connectivity index (χ0) is 16.5. The lowest BCUT2D eigenvalue weighted by Crippen LogP contribution is -1.86. The van der Waals surface area contributed by atoms with Gasteiger partial charge >= 0.3 is 0 Å². The Hall–Kier alpha value is -2.04. The summed E-state index contributed by atoms with van der Waals surface area (Å²) < 4.78 is 0. The molecule has 24 heavy (non-hydrogen) atoms. The average molecular weight is 348 g/mol. The van der Waals surface area contributed by atoms with E-state index >= 15 is 0 Å². The van der Waals surface area contributed by atoms with Crippen LogP contribution < -0.4 is 0 Å². The molecule has 2 heterocycles. The van der Waals surface area contributed by atoms with Crippen LogP contribution in [-0.2, 0) is 0 Å². The fourth-order valence-corrected chi connectivity index (χ4v) is 5.31. The van der Waals surface area contributed by atoms with E-state index in [2.05, 4.69) is 60.2 Å². The molecule has 0 bridgehead atoms. The second-order valence-corrected chi connectivity index (χ2v) is 7.91. The molecule has 0 saturated carbocycles. The first kappa shape index (κ1) is 15.5. The van der Waals surface area contributed by atoms with Crippen molar-refractivity contribution in [3.05, 3.63) is 72.1 Å². The molecule has 2 aromatic carbocycles. The molecule has 0 aliphatic heterocycles. The number of rotatable bonds is 3. The molecule has 0 aliphatic rings. The molecule has 0 fully saturated rings. The van der Waals surface area contributed by atoms with Gasteiger partial charge in [0.05, 0.1) is 11.0 Å². The molecule has 4 rings (SSSR count). The summed E-state index contributed by atoms with van der Waals surface area (Å²) in [4.78, 5) is 11.6. The summed E-state index contributed by atoms with van der Waals surface area (Å²) in [7, 11) is 3.52. The maximum absolute atomic E-state index is 4.59. The minimum Gasteiger partial charge on any atom is -0.255 e. The largest absolute Gasteiger partial charge is 0.255 e. The molecule has 0 spiro atoms. The van der Waals surface area contributed by atoms with Gasteiger partial charge in [0.1, 0.15) is 0 Å². The highest BCUT2D eigenvalue weighted by Crippen LogP contribution is 2.43. The van der Waals surface area contributed by atoms with Crippen molar-refractivity contribution in [1.29, 1.82) is 0 Å². The summed E-state index contributed by atoms with van der Waals surface area (Å²) in [5, 5.41) is 2.40.